The Bertz CT molecular complexity index is 1290. The molecule has 0 spiro atoms. The van der Waals surface area contributed by atoms with Crippen molar-refractivity contribution in [2.75, 3.05) is 11.9 Å². The van der Waals surface area contributed by atoms with Crippen LogP contribution in [0.15, 0.2) is 29.4 Å². The van der Waals surface area contributed by atoms with Gasteiger partial charge in [-0.1, -0.05) is 48.2 Å². The number of ether oxygens (including phenoxy) is 1. The van der Waals surface area contributed by atoms with Crippen molar-refractivity contribution >= 4 is 62.2 Å². The summed E-state index contributed by atoms with van der Waals surface area (Å²) in [5.41, 5.74) is 2.46. The number of para-hydroxylation sites is 1. The van der Waals surface area contributed by atoms with Crippen molar-refractivity contribution < 1.29 is 14.3 Å². The third-order valence-corrected chi connectivity index (χ3v) is 6.75. The van der Waals surface area contributed by atoms with E-state index in [1.165, 1.54) is 11.8 Å². The van der Waals surface area contributed by atoms with Crippen molar-refractivity contribution in [2.45, 2.75) is 37.1 Å². The Morgan fingerprint density at radius 2 is 2.00 bits per heavy atom. The summed E-state index contributed by atoms with van der Waals surface area (Å²) in [6.07, 6.45) is 0.583. The molecule has 0 fully saturated rings. The smallest absolute Gasteiger partial charge is 0.312 e. The first-order chi connectivity index (χ1) is 15.5. The molecule has 4 aromatic rings. The summed E-state index contributed by atoms with van der Waals surface area (Å²) < 4.78 is 6.87. The quantitative estimate of drug-likeness (QED) is 0.305. The minimum atomic E-state index is -0.443. The second kappa shape index (κ2) is 9.57. The van der Waals surface area contributed by atoms with Gasteiger partial charge in [0.05, 0.1) is 23.8 Å². The van der Waals surface area contributed by atoms with Gasteiger partial charge in [0.25, 0.3) is 0 Å². The number of fused-ring (bicyclic) bond motifs is 3. The fourth-order valence-corrected chi connectivity index (χ4v) is 4.73. The Kier molecular flexibility index (Phi) is 6.61. The summed E-state index contributed by atoms with van der Waals surface area (Å²) in [6.45, 7) is 3.95. The fraction of sp³-hybridized carbons (Fsp3) is 0.350. The summed E-state index contributed by atoms with van der Waals surface area (Å²) in [4.78, 5) is 29.0. The van der Waals surface area contributed by atoms with Gasteiger partial charge >= 0.3 is 5.97 Å². The molecule has 0 saturated carbocycles. The lowest BCUT2D eigenvalue weighted by Crippen LogP contribution is -2.24. The Balaban J connectivity index is 1.47. The van der Waals surface area contributed by atoms with E-state index in [0.29, 0.717) is 34.0 Å². The molecule has 0 aliphatic heterocycles. The number of carbonyl (C=O) groups excluding carboxylic acids is 2. The number of thioether (sulfide) groups is 1. The molecule has 0 radical (unpaired) electrons. The maximum Gasteiger partial charge on any atom is 0.312 e. The molecular formula is C20H21N7O3S2. The molecule has 1 N–H and O–H groups in total. The molecule has 1 atom stereocenters. The van der Waals surface area contributed by atoms with Crippen LogP contribution in [0.3, 0.4) is 0 Å². The van der Waals surface area contributed by atoms with Gasteiger partial charge in [0.15, 0.2) is 5.65 Å². The minimum absolute atomic E-state index is 0.0257. The molecule has 0 saturated heterocycles. The van der Waals surface area contributed by atoms with Crippen LogP contribution in [0.2, 0.25) is 0 Å². The predicted molar refractivity (Wildman–Crippen MR) is 123 cm³/mol. The van der Waals surface area contributed by atoms with Crippen LogP contribution in [0.5, 0.6) is 0 Å². The van der Waals surface area contributed by atoms with Crippen LogP contribution in [0.4, 0.5) is 5.13 Å². The standard InChI is InChI=1S/C20H21N7O3S2/c1-4-13(18(29)22-20-25-23-14(32-20)10-15(28)30-5-2)31-19-21-17-16(24-26-19)11-8-6-7-9-12(11)27(17)3/h6-9,13H,4-5,10H2,1-3H3,(H,22,25,29)/t13-/m1/s1. The number of hydrogen-bond donors (Lipinski definition) is 1. The largest absolute Gasteiger partial charge is 0.466 e. The topological polar surface area (TPSA) is 125 Å². The lowest BCUT2D eigenvalue weighted by Gasteiger charge is -2.11. The van der Waals surface area contributed by atoms with Gasteiger partial charge in [0, 0.05) is 12.4 Å². The van der Waals surface area contributed by atoms with Gasteiger partial charge in [-0.3, -0.25) is 14.9 Å². The van der Waals surface area contributed by atoms with Gasteiger partial charge in [-0.2, -0.15) is 0 Å². The van der Waals surface area contributed by atoms with Gasteiger partial charge in [0.1, 0.15) is 10.5 Å². The highest BCUT2D eigenvalue weighted by atomic mass is 32.2. The van der Waals surface area contributed by atoms with Crippen molar-refractivity contribution in [2.24, 2.45) is 7.05 Å². The minimum Gasteiger partial charge on any atom is -0.466 e. The van der Waals surface area contributed by atoms with Crippen LogP contribution in [-0.4, -0.2) is 53.7 Å². The highest BCUT2D eigenvalue weighted by Crippen LogP contribution is 2.28. The summed E-state index contributed by atoms with van der Waals surface area (Å²) in [5.74, 6) is -0.617. The second-order valence-electron chi connectivity index (χ2n) is 6.83. The van der Waals surface area contributed by atoms with Crippen molar-refractivity contribution in [3.63, 3.8) is 0 Å². The lowest BCUT2D eigenvalue weighted by molar-refractivity contribution is -0.142. The molecule has 3 heterocycles. The molecule has 1 amide bonds. The molecule has 32 heavy (non-hydrogen) atoms. The van der Waals surface area contributed by atoms with E-state index in [0.717, 1.165) is 27.8 Å². The zero-order valence-corrected chi connectivity index (χ0v) is 19.4. The number of esters is 1. The predicted octanol–water partition coefficient (Wildman–Crippen LogP) is 2.98. The number of aryl methyl sites for hydroxylation is 1. The molecule has 10 nitrogen and oxygen atoms in total. The highest BCUT2D eigenvalue weighted by molar-refractivity contribution is 8.00. The number of amides is 1. The van der Waals surface area contributed by atoms with Crippen molar-refractivity contribution in [3.8, 4) is 0 Å². The Hall–Kier alpha value is -3.12. The second-order valence-corrected chi connectivity index (χ2v) is 9.06. The number of nitrogens with zero attached hydrogens (tertiary/aromatic N) is 6. The van der Waals surface area contributed by atoms with E-state index < -0.39 is 5.25 Å². The van der Waals surface area contributed by atoms with E-state index in [1.54, 1.807) is 6.92 Å². The fourth-order valence-electron chi connectivity index (χ4n) is 3.19. The third-order valence-electron chi connectivity index (χ3n) is 4.70. The lowest BCUT2D eigenvalue weighted by atomic mass is 10.2. The zero-order valence-electron chi connectivity index (χ0n) is 17.7. The van der Waals surface area contributed by atoms with Crippen molar-refractivity contribution in [1.29, 1.82) is 0 Å². The van der Waals surface area contributed by atoms with Gasteiger partial charge in [-0.25, -0.2) is 4.98 Å². The Labute approximate surface area is 191 Å². The number of benzene rings is 1. The van der Waals surface area contributed by atoms with Crippen LogP contribution in [0, 0.1) is 0 Å². The van der Waals surface area contributed by atoms with Crippen LogP contribution in [0.1, 0.15) is 25.3 Å². The van der Waals surface area contributed by atoms with E-state index in [9.17, 15) is 9.59 Å². The third kappa shape index (κ3) is 4.55. The highest BCUT2D eigenvalue weighted by Gasteiger charge is 2.22. The molecular weight excluding hydrogens is 450 g/mol. The van der Waals surface area contributed by atoms with Crippen LogP contribution >= 0.6 is 23.1 Å². The molecule has 3 aromatic heterocycles. The monoisotopic (exact) mass is 471 g/mol. The Morgan fingerprint density at radius 1 is 1.19 bits per heavy atom. The summed E-state index contributed by atoms with van der Waals surface area (Å²) in [5, 5.41) is 21.0. The van der Waals surface area contributed by atoms with E-state index >= 15 is 0 Å². The van der Waals surface area contributed by atoms with Gasteiger partial charge in [0.2, 0.25) is 16.2 Å². The van der Waals surface area contributed by atoms with Gasteiger partial charge in [-0.15, -0.1) is 20.4 Å². The molecule has 0 aliphatic rings. The normalized spacial score (nSPS) is 12.2. The molecule has 0 bridgehead atoms. The van der Waals surface area contributed by atoms with E-state index in [4.69, 9.17) is 4.74 Å². The van der Waals surface area contributed by atoms with Crippen molar-refractivity contribution in [3.05, 3.63) is 29.3 Å². The van der Waals surface area contributed by atoms with Crippen molar-refractivity contribution in [1.82, 2.24) is 29.9 Å². The van der Waals surface area contributed by atoms with Crippen LogP contribution in [-0.2, 0) is 27.8 Å². The molecule has 1 aromatic carbocycles. The first-order valence-corrected chi connectivity index (χ1v) is 11.7. The average molecular weight is 472 g/mol. The zero-order chi connectivity index (χ0) is 22.7. The van der Waals surface area contributed by atoms with Gasteiger partial charge in [-0.05, 0) is 19.4 Å². The maximum absolute atomic E-state index is 12.8. The number of nitrogens with one attached hydrogen (secondary N) is 1. The van der Waals surface area contributed by atoms with Gasteiger partial charge < -0.3 is 9.30 Å². The molecule has 0 aliphatic carbocycles. The van der Waals surface area contributed by atoms with Crippen LogP contribution in [0.25, 0.3) is 22.1 Å². The maximum atomic E-state index is 12.8. The number of hydrogen-bond acceptors (Lipinski definition) is 10. The number of aromatic nitrogens is 6. The molecule has 12 heteroatoms. The van der Waals surface area contributed by atoms with Crippen LogP contribution < -0.4 is 5.32 Å². The molecule has 166 valence electrons. The van der Waals surface area contributed by atoms with E-state index in [1.807, 2.05) is 42.8 Å². The first-order valence-electron chi connectivity index (χ1n) is 10.0. The number of rotatable bonds is 8. The van der Waals surface area contributed by atoms with E-state index in [2.05, 4.69) is 30.7 Å². The number of carbonyl (C=O) groups is 2. The number of anilines is 1. The molecule has 0 unspecified atom stereocenters. The first kappa shape index (κ1) is 22.1. The Morgan fingerprint density at radius 3 is 2.78 bits per heavy atom. The SMILES string of the molecule is CCOC(=O)Cc1nnc(NC(=O)[C@@H](CC)Sc2nnc3c4ccccc4n(C)c3n2)s1. The average Bonchev–Trinajstić information content (AvgIpc) is 3.34. The summed E-state index contributed by atoms with van der Waals surface area (Å²) in [6, 6.07) is 7.91. The summed E-state index contributed by atoms with van der Waals surface area (Å²) >= 11 is 2.39. The summed E-state index contributed by atoms with van der Waals surface area (Å²) in [7, 11) is 1.93. The molecule has 4 rings (SSSR count). The van der Waals surface area contributed by atoms with E-state index in [-0.39, 0.29) is 18.3 Å².